The molecule has 0 aliphatic carbocycles. The normalized spacial score (nSPS) is 10.6. The van der Waals surface area contributed by atoms with Crippen molar-refractivity contribution >= 4 is 5.97 Å². The van der Waals surface area contributed by atoms with E-state index in [0.29, 0.717) is 23.6 Å². The molecule has 24 heavy (non-hydrogen) atoms. The number of nitrogens with zero attached hydrogens (tertiary/aromatic N) is 4. The Morgan fingerprint density at radius 2 is 2.08 bits per heavy atom. The monoisotopic (exact) mass is 326 g/mol. The Labute approximate surface area is 139 Å². The van der Waals surface area contributed by atoms with Crippen molar-refractivity contribution in [1.29, 1.82) is 0 Å². The quantitative estimate of drug-likeness (QED) is 0.649. The molecule has 0 aliphatic heterocycles. The molecule has 3 aromatic rings. The first-order chi connectivity index (χ1) is 11.7. The van der Waals surface area contributed by atoms with Crippen molar-refractivity contribution in [3.8, 4) is 17.0 Å². The molecular formula is C17H18N4O3. The van der Waals surface area contributed by atoms with E-state index in [1.807, 2.05) is 36.5 Å². The van der Waals surface area contributed by atoms with Crippen LogP contribution in [0.25, 0.3) is 11.3 Å². The van der Waals surface area contributed by atoms with E-state index in [4.69, 9.17) is 9.47 Å². The molecule has 2 aromatic heterocycles. The minimum Gasteiger partial charge on any atom is -0.496 e. The number of rotatable bonds is 6. The zero-order valence-corrected chi connectivity index (χ0v) is 13.5. The van der Waals surface area contributed by atoms with Gasteiger partial charge in [-0.1, -0.05) is 12.1 Å². The van der Waals surface area contributed by atoms with Gasteiger partial charge in [-0.25, -0.2) is 4.79 Å². The summed E-state index contributed by atoms with van der Waals surface area (Å²) >= 11 is 0. The minimum absolute atomic E-state index is 0.237. The third kappa shape index (κ3) is 3.29. The first-order valence-corrected chi connectivity index (χ1v) is 7.50. The Balaban J connectivity index is 1.79. The van der Waals surface area contributed by atoms with Crippen molar-refractivity contribution < 1.29 is 14.3 Å². The van der Waals surface area contributed by atoms with Crippen molar-refractivity contribution in [3.63, 3.8) is 0 Å². The lowest BCUT2D eigenvalue weighted by molar-refractivity contribution is 0.0488. The molecule has 0 amide bonds. The third-order valence-electron chi connectivity index (χ3n) is 3.52. The summed E-state index contributed by atoms with van der Waals surface area (Å²) < 4.78 is 14.0. The Hall–Kier alpha value is -3.09. The van der Waals surface area contributed by atoms with Gasteiger partial charge in [0.2, 0.25) is 0 Å². The lowest BCUT2D eigenvalue weighted by Gasteiger charge is -2.08. The maximum atomic E-state index is 12.4. The highest BCUT2D eigenvalue weighted by Crippen LogP contribution is 2.31. The van der Waals surface area contributed by atoms with E-state index in [1.54, 1.807) is 35.9 Å². The molecule has 0 radical (unpaired) electrons. The fraction of sp³-hybridized carbons (Fsp3) is 0.235. The van der Waals surface area contributed by atoms with Gasteiger partial charge in [0.05, 0.1) is 13.7 Å². The molecular weight excluding hydrogens is 308 g/mol. The van der Waals surface area contributed by atoms with Crippen molar-refractivity contribution in [2.24, 2.45) is 7.05 Å². The molecule has 0 unspecified atom stereocenters. The number of aromatic nitrogens is 4. The molecule has 2 heterocycles. The highest BCUT2D eigenvalue weighted by Gasteiger charge is 2.20. The van der Waals surface area contributed by atoms with Gasteiger partial charge in [0.25, 0.3) is 0 Å². The van der Waals surface area contributed by atoms with Crippen LogP contribution in [-0.4, -0.2) is 39.2 Å². The number of para-hydroxylation sites is 1. The molecule has 0 saturated carbocycles. The first-order valence-electron chi connectivity index (χ1n) is 7.50. The van der Waals surface area contributed by atoms with E-state index in [0.717, 1.165) is 5.56 Å². The standard InChI is InChI=1S/C17H18N4O3/c1-20-12-14(17(22)24-11-10-21-9-5-8-18-21)16(19-20)13-6-3-4-7-15(13)23-2/h3-9,12H,10-11H2,1-2H3. The summed E-state index contributed by atoms with van der Waals surface area (Å²) in [5.41, 5.74) is 1.70. The van der Waals surface area contributed by atoms with Crippen molar-refractivity contribution in [2.45, 2.75) is 6.54 Å². The van der Waals surface area contributed by atoms with Gasteiger partial charge in [0.15, 0.2) is 0 Å². The Bertz CT molecular complexity index is 824. The van der Waals surface area contributed by atoms with Gasteiger partial charge in [-0.2, -0.15) is 10.2 Å². The van der Waals surface area contributed by atoms with E-state index in [-0.39, 0.29) is 6.61 Å². The predicted octanol–water partition coefficient (Wildman–Crippen LogP) is 2.15. The van der Waals surface area contributed by atoms with Crippen molar-refractivity contribution in [2.75, 3.05) is 13.7 Å². The lowest BCUT2D eigenvalue weighted by Crippen LogP contribution is -2.12. The number of carbonyl (C=O) groups excluding carboxylic acids is 1. The van der Waals surface area contributed by atoms with Crippen LogP contribution in [0.4, 0.5) is 0 Å². The summed E-state index contributed by atoms with van der Waals surface area (Å²) in [4.78, 5) is 12.4. The molecule has 0 aliphatic rings. The van der Waals surface area contributed by atoms with E-state index in [2.05, 4.69) is 10.2 Å². The topological polar surface area (TPSA) is 71.2 Å². The van der Waals surface area contributed by atoms with Gasteiger partial charge in [-0.15, -0.1) is 0 Å². The van der Waals surface area contributed by atoms with Crippen LogP contribution in [0, 0.1) is 0 Å². The average Bonchev–Trinajstić information content (AvgIpc) is 3.24. The van der Waals surface area contributed by atoms with Gasteiger partial charge in [-0.05, 0) is 18.2 Å². The highest BCUT2D eigenvalue weighted by molar-refractivity contribution is 5.96. The summed E-state index contributed by atoms with van der Waals surface area (Å²) in [5.74, 6) is 0.234. The smallest absolute Gasteiger partial charge is 0.342 e. The maximum Gasteiger partial charge on any atom is 0.342 e. The summed E-state index contributed by atoms with van der Waals surface area (Å²) in [6, 6.07) is 9.26. The lowest BCUT2D eigenvalue weighted by atomic mass is 10.1. The maximum absolute atomic E-state index is 12.4. The van der Waals surface area contributed by atoms with E-state index < -0.39 is 5.97 Å². The fourth-order valence-electron chi connectivity index (χ4n) is 2.42. The third-order valence-corrected chi connectivity index (χ3v) is 3.52. The summed E-state index contributed by atoms with van der Waals surface area (Å²) in [6.07, 6.45) is 5.15. The Morgan fingerprint density at radius 3 is 2.83 bits per heavy atom. The molecule has 0 fully saturated rings. The summed E-state index contributed by atoms with van der Waals surface area (Å²) in [7, 11) is 3.35. The minimum atomic E-state index is -0.420. The van der Waals surface area contributed by atoms with Gasteiger partial charge in [0, 0.05) is 31.2 Å². The molecule has 7 nitrogen and oxygen atoms in total. The second-order valence-corrected chi connectivity index (χ2v) is 5.17. The van der Waals surface area contributed by atoms with Crippen LogP contribution in [0.2, 0.25) is 0 Å². The Kier molecular flexibility index (Phi) is 4.60. The van der Waals surface area contributed by atoms with E-state index in [9.17, 15) is 4.79 Å². The van der Waals surface area contributed by atoms with E-state index in [1.165, 1.54) is 0 Å². The second kappa shape index (κ2) is 6.99. The van der Waals surface area contributed by atoms with Crippen molar-refractivity contribution in [1.82, 2.24) is 19.6 Å². The van der Waals surface area contributed by atoms with Crippen LogP contribution in [0.5, 0.6) is 5.75 Å². The summed E-state index contributed by atoms with van der Waals surface area (Å²) in [6.45, 7) is 0.740. The number of hydrogen-bond acceptors (Lipinski definition) is 5. The SMILES string of the molecule is COc1ccccc1-c1nn(C)cc1C(=O)OCCn1cccn1. The van der Waals surface area contributed by atoms with Crippen LogP contribution in [0.3, 0.4) is 0 Å². The molecule has 124 valence electrons. The number of carbonyl (C=O) groups is 1. The molecule has 7 heteroatoms. The number of methoxy groups -OCH3 is 1. The predicted molar refractivity (Wildman–Crippen MR) is 87.7 cm³/mol. The van der Waals surface area contributed by atoms with Gasteiger partial charge in [0.1, 0.15) is 23.6 Å². The van der Waals surface area contributed by atoms with Crippen molar-refractivity contribution in [3.05, 3.63) is 54.5 Å². The van der Waals surface area contributed by atoms with Gasteiger partial charge in [-0.3, -0.25) is 9.36 Å². The molecule has 0 saturated heterocycles. The number of esters is 1. The van der Waals surface area contributed by atoms with Gasteiger partial charge >= 0.3 is 5.97 Å². The second-order valence-electron chi connectivity index (χ2n) is 5.17. The zero-order valence-electron chi connectivity index (χ0n) is 13.5. The van der Waals surface area contributed by atoms with Gasteiger partial charge < -0.3 is 9.47 Å². The van der Waals surface area contributed by atoms with Crippen LogP contribution in [0.15, 0.2) is 48.9 Å². The van der Waals surface area contributed by atoms with Crippen LogP contribution in [-0.2, 0) is 18.3 Å². The molecule has 0 atom stereocenters. The fourth-order valence-corrected chi connectivity index (χ4v) is 2.42. The number of benzene rings is 1. The largest absolute Gasteiger partial charge is 0.496 e. The van der Waals surface area contributed by atoms with Crippen LogP contribution in [0.1, 0.15) is 10.4 Å². The molecule has 0 bridgehead atoms. The highest BCUT2D eigenvalue weighted by atomic mass is 16.5. The van der Waals surface area contributed by atoms with Crippen LogP contribution < -0.4 is 4.74 Å². The molecule has 0 N–H and O–H groups in total. The molecule has 1 aromatic carbocycles. The number of ether oxygens (including phenoxy) is 2. The number of aryl methyl sites for hydroxylation is 1. The summed E-state index contributed by atoms with van der Waals surface area (Å²) in [5, 5.41) is 8.46. The average molecular weight is 326 g/mol. The number of hydrogen-bond donors (Lipinski definition) is 0. The molecule has 0 spiro atoms. The van der Waals surface area contributed by atoms with Crippen LogP contribution >= 0.6 is 0 Å². The Morgan fingerprint density at radius 1 is 1.25 bits per heavy atom. The first kappa shape index (κ1) is 15.8. The zero-order chi connectivity index (χ0) is 16.9. The molecule has 3 rings (SSSR count). The van der Waals surface area contributed by atoms with E-state index >= 15 is 0 Å².